The predicted octanol–water partition coefficient (Wildman–Crippen LogP) is 0.926. The number of hydrogen-bond donors (Lipinski definition) is 12. The van der Waals surface area contributed by atoms with Crippen LogP contribution in [0.2, 0.25) is 0 Å². The Hall–Kier alpha value is 0.440. The van der Waals surface area contributed by atoms with E-state index in [0.29, 0.717) is 0 Å². The molecule has 20 heavy (non-hydrogen) atoms. The second kappa shape index (κ2) is 42.7. The molecule has 8 nitrogen and oxygen atoms in total. The average molecular weight is 450 g/mol. The van der Waals surface area contributed by atoms with E-state index in [4.69, 9.17) is 21.6 Å². The van der Waals surface area contributed by atoms with E-state index in [2.05, 4.69) is 73.4 Å². The van der Waals surface area contributed by atoms with Gasteiger partial charge in [-0.25, -0.2) is 0 Å². The van der Waals surface area contributed by atoms with Crippen LogP contribution in [0.5, 0.6) is 0 Å². The fourth-order valence-corrected chi connectivity index (χ4v) is 0. The lowest BCUT2D eigenvalue weighted by Gasteiger charge is -1.65. The molecule has 0 bridgehead atoms. The van der Waals surface area contributed by atoms with Crippen molar-refractivity contribution >= 4 is 121 Å². The zero-order valence-electron chi connectivity index (χ0n) is 9.73. The first kappa shape index (κ1) is 49.9. The summed E-state index contributed by atoms with van der Waals surface area (Å²) in [6.45, 7) is 0. The molecule has 0 aliphatic carbocycles. The second-order valence-electron chi connectivity index (χ2n) is 1.54. The molecule has 0 aliphatic heterocycles. The number of thiol groups is 4. The van der Waals surface area contributed by atoms with E-state index in [-0.39, 0.29) is 70.3 Å². The minimum absolute atomic E-state index is 0. The number of nitrogens with two attached hydrogens (primary N) is 4. The van der Waals surface area contributed by atoms with Crippen molar-refractivity contribution in [2.45, 2.75) is 0 Å². The van der Waals surface area contributed by atoms with Gasteiger partial charge in [-0.15, -0.1) is 100 Å². The maximum absolute atomic E-state index is 6.14. The van der Waals surface area contributed by atoms with Gasteiger partial charge in [-0.2, -0.15) is 0 Å². The fraction of sp³-hybridized carbons (Fsp3) is 0. The van der Waals surface area contributed by atoms with Crippen LogP contribution in [0.3, 0.4) is 0 Å². The van der Waals surface area contributed by atoms with Crippen LogP contribution < -0.4 is 22.9 Å². The lowest BCUT2D eigenvalue weighted by molar-refractivity contribution is 1.51. The van der Waals surface area contributed by atoms with Crippen molar-refractivity contribution in [3.05, 3.63) is 0 Å². The molecule has 0 amide bonds. The van der Waals surface area contributed by atoms with Crippen LogP contribution in [0.15, 0.2) is 0 Å². The summed E-state index contributed by atoms with van der Waals surface area (Å²) in [6.07, 6.45) is 0. The van der Waals surface area contributed by atoms with E-state index < -0.39 is 0 Å². The number of hydrogen-bond acceptors (Lipinski definition) is 4. The van der Waals surface area contributed by atoms with E-state index in [1.807, 2.05) is 0 Å². The molecule has 0 unspecified atom stereocenters. The zero-order valence-corrected chi connectivity index (χ0v) is 16.6. The molecule has 0 spiro atoms. The molecule has 0 aromatic carbocycles. The van der Waals surface area contributed by atoms with Gasteiger partial charge in [0.25, 0.3) is 0 Å². The van der Waals surface area contributed by atoms with Gasteiger partial charge in [0.15, 0.2) is 0 Å². The normalized spacial score (nSPS) is 5.00. The molecule has 0 aliphatic rings. The lowest BCUT2D eigenvalue weighted by Crippen LogP contribution is -1.96. The molecule has 0 saturated heterocycles. The summed E-state index contributed by atoms with van der Waals surface area (Å²) in [4.78, 5) is 0. The maximum atomic E-state index is 6.14. The largest absolute Gasteiger partial charge is 0.379 e. The third-order valence-corrected chi connectivity index (χ3v) is 0. The van der Waals surface area contributed by atoms with Crippen LogP contribution >= 0.6 is 100 Å². The van der Waals surface area contributed by atoms with Gasteiger partial charge in [0.2, 0.25) is 0 Å². The Morgan fingerprint density at radius 1 is 0.450 bits per heavy atom. The Bertz CT molecular complexity index is 179. The molecular formula is C4H20Cl4N8S4. The highest BCUT2D eigenvalue weighted by atomic mass is 35.5. The Kier molecular flexibility index (Phi) is 107. The van der Waals surface area contributed by atoms with Crippen LogP contribution in [-0.4, -0.2) is 20.7 Å². The summed E-state index contributed by atoms with van der Waals surface area (Å²) >= 11 is 13.3. The van der Waals surface area contributed by atoms with Crippen LogP contribution in [0.4, 0.5) is 0 Å². The molecule has 128 valence electrons. The lowest BCUT2D eigenvalue weighted by atomic mass is 11.4. The first-order chi connectivity index (χ1) is 6.93. The number of rotatable bonds is 0. The van der Waals surface area contributed by atoms with Gasteiger partial charge in [-0.3, -0.25) is 21.6 Å². The molecule has 0 saturated carbocycles. The summed E-state index contributed by atoms with van der Waals surface area (Å²) in [5, 5.41) is 24.0. The van der Waals surface area contributed by atoms with Crippen molar-refractivity contribution in [2.75, 3.05) is 0 Å². The Balaban J connectivity index is -0.0000000150. The summed E-state index contributed by atoms with van der Waals surface area (Å²) in [7, 11) is 0. The Labute approximate surface area is 164 Å². The smallest absolute Gasteiger partial charge is 0.147 e. The molecular weight excluding hydrogens is 430 g/mol. The molecule has 12 N–H and O–H groups in total. The molecule has 0 aromatic heterocycles. The van der Waals surface area contributed by atoms with Gasteiger partial charge in [0.1, 0.15) is 20.7 Å². The Morgan fingerprint density at radius 2 is 0.450 bits per heavy atom. The standard InChI is InChI=1S/4CH4N2S.4ClH/c4*2-1(3)4;;;;/h4*(H4,2,3,4);4*1H. The topological polar surface area (TPSA) is 199 Å². The van der Waals surface area contributed by atoms with Gasteiger partial charge in [0, 0.05) is 0 Å². The zero-order chi connectivity index (χ0) is 14.3. The van der Waals surface area contributed by atoms with Gasteiger partial charge < -0.3 is 22.9 Å². The van der Waals surface area contributed by atoms with Crippen LogP contribution in [0, 0.1) is 21.6 Å². The van der Waals surface area contributed by atoms with E-state index in [1.165, 1.54) is 0 Å². The quantitative estimate of drug-likeness (QED) is 0.148. The highest BCUT2D eigenvalue weighted by Crippen LogP contribution is 1.57. The van der Waals surface area contributed by atoms with E-state index in [0.717, 1.165) is 0 Å². The average Bonchev–Trinajstić information content (AvgIpc) is 1.76. The minimum atomic E-state index is -0.139. The van der Waals surface area contributed by atoms with E-state index in [1.54, 1.807) is 0 Å². The first-order valence-electron chi connectivity index (χ1n) is 3.05. The highest BCUT2D eigenvalue weighted by molar-refractivity contribution is 7.97. The first-order valence-corrected chi connectivity index (χ1v) is 4.84. The Morgan fingerprint density at radius 3 is 0.450 bits per heavy atom. The van der Waals surface area contributed by atoms with Crippen molar-refractivity contribution < 1.29 is 0 Å². The van der Waals surface area contributed by atoms with E-state index in [9.17, 15) is 0 Å². The van der Waals surface area contributed by atoms with Gasteiger partial charge in [0.05, 0.1) is 0 Å². The molecule has 0 rings (SSSR count). The minimum Gasteiger partial charge on any atom is -0.379 e. The summed E-state index contributed by atoms with van der Waals surface area (Å²) in [6, 6.07) is 0. The van der Waals surface area contributed by atoms with Gasteiger partial charge >= 0.3 is 0 Å². The fourth-order valence-electron chi connectivity index (χ4n) is 0. The molecule has 0 radical (unpaired) electrons. The van der Waals surface area contributed by atoms with Crippen molar-refractivity contribution in [3.63, 3.8) is 0 Å². The molecule has 0 aromatic rings. The number of halogens is 4. The SMILES string of the molecule is Cl.Cl.Cl.Cl.N=C(N)S.N=C(N)S.N=C(N)S.N=C(N)S. The van der Waals surface area contributed by atoms with Crippen molar-refractivity contribution in [1.29, 1.82) is 21.6 Å². The molecule has 0 heterocycles. The van der Waals surface area contributed by atoms with Crippen molar-refractivity contribution in [1.82, 2.24) is 0 Å². The van der Waals surface area contributed by atoms with E-state index >= 15 is 0 Å². The highest BCUT2D eigenvalue weighted by Gasteiger charge is 1.56. The summed E-state index contributed by atoms with van der Waals surface area (Å²) < 4.78 is 0. The van der Waals surface area contributed by atoms with Crippen LogP contribution in [0.1, 0.15) is 0 Å². The molecule has 0 atom stereocenters. The third-order valence-electron chi connectivity index (χ3n) is 0. The number of nitrogens with one attached hydrogen (secondary N) is 4. The second-order valence-corrected chi connectivity index (χ2v) is 3.47. The maximum Gasteiger partial charge on any atom is 0.147 e. The molecule has 16 heteroatoms. The molecule has 0 fully saturated rings. The summed E-state index contributed by atoms with van der Waals surface area (Å²) in [5.41, 5.74) is 18.2. The monoisotopic (exact) mass is 448 g/mol. The third kappa shape index (κ3) is 29000. The van der Waals surface area contributed by atoms with Crippen molar-refractivity contribution in [3.8, 4) is 0 Å². The van der Waals surface area contributed by atoms with Crippen LogP contribution in [0.25, 0.3) is 0 Å². The predicted molar refractivity (Wildman–Crippen MR) is 113 cm³/mol. The summed E-state index contributed by atoms with van der Waals surface area (Å²) in [5.74, 6) is 0. The van der Waals surface area contributed by atoms with Gasteiger partial charge in [-0.1, -0.05) is 0 Å². The van der Waals surface area contributed by atoms with Crippen molar-refractivity contribution in [2.24, 2.45) is 22.9 Å². The van der Waals surface area contributed by atoms with Gasteiger partial charge in [-0.05, 0) is 0 Å². The number of amidine groups is 4. The van der Waals surface area contributed by atoms with Crippen LogP contribution in [-0.2, 0) is 0 Å².